The number of carbonyl (C=O) groups is 3. The molecule has 6 heteroatoms. The zero-order chi connectivity index (χ0) is 18.7. The molecule has 0 bridgehead atoms. The molecule has 0 aromatic heterocycles. The quantitative estimate of drug-likeness (QED) is 0.855. The van der Waals surface area contributed by atoms with Crippen LogP contribution in [0.1, 0.15) is 12.5 Å². The lowest BCUT2D eigenvalue weighted by Gasteiger charge is -2.16. The third kappa shape index (κ3) is 3.85. The molecule has 2 amide bonds. The summed E-state index contributed by atoms with van der Waals surface area (Å²) in [4.78, 5) is 37.1. The van der Waals surface area contributed by atoms with Crippen molar-refractivity contribution in [1.82, 2.24) is 10.2 Å². The summed E-state index contributed by atoms with van der Waals surface area (Å²) in [5.74, 6) is -1.97. The first-order chi connectivity index (χ1) is 12.5. The fourth-order valence-corrected chi connectivity index (χ4v) is 3.46. The Morgan fingerprint density at radius 3 is 2.58 bits per heavy atom. The highest BCUT2D eigenvalue weighted by molar-refractivity contribution is 5.91. The van der Waals surface area contributed by atoms with Crippen LogP contribution < -0.4 is 5.32 Å². The molecule has 3 rings (SSSR count). The first-order valence-corrected chi connectivity index (χ1v) is 8.69. The lowest BCUT2D eigenvalue weighted by Crippen LogP contribution is -2.40. The molecule has 0 spiro atoms. The Morgan fingerprint density at radius 2 is 1.85 bits per heavy atom. The maximum atomic E-state index is 12.2. The number of carbonyl (C=O) groups excluding carboxylic acids is 2. The summed E-state index contributed by atoms with van der Waals surface area (Å²) in [6.45, 7) is 2.33. The zero-order valence-corrected chi connectivity index (χ0v) is 14.6. The Morgan fingerprint density at radius 1 is 1.12 bits per heavy atom. The van der Waals surface area contributed by atoms with Gasteiger partial charge in [-0.25, -0.2) is 0 Å². The lowest BCUT2D eigenvalue weighted by molar-refractivity contribution is -0.142. The van der Waals surface area contributed by atoms with Gasteiger partial charge in [-0.1, -0.05) is 49.4 Å². The van der Waals surface area contributed by atoms with Gasteiger partial charge < -0.3 is 15.3 Å². The van der Waals surface area contributed by atoms with Crippen molar-refractivity contribution in [2.24, 2.45) is 11.8 Å². The van der Waals surface area contributed by atoms with Crippen molar-refractivity contribution in [3.05, 3.63) is 48.0 Å². The summed E-state index contributed by atoms with van der Waals surface area (Å²) in [5, 5.41) is 13.9. The van der Waals surface area contributed by atoms with Gasteiger partial charge >= 0.3 is 5.97 Å². The second kappa shape index (κ2) is 7.56. The van der Waals surface area contributed by atoms with Crippen LogP contribution in [-0.2, 0) is 20.8 Å². The van der Waals surface area contributed by atoms with Crippen LogP contribution >= 0.6 is 0 Å². The summed E-state index contributed by atoms with van der Waals surface area (Å²) in [7, 11) is 0. The molecule has 1 aliphatic rings. The number of carboxylic acid groups (broad SMARTS) is 1. The van der Waals surface area contributed by atoms with Crippen LogP contribution in [0.2, 0.25) is 0 Å². The highest BCUT2D eigenvalue weighted by atomic mass is 16.4. The van der Waals surface area contributed by atoms with Crippen molar-refractivity contribution < 1.29 is 19.5 Å². The Balaban J connectivity index is 1.56. The summed E-state index contributed by atoms with van der Waals surface area (Å²) < 4.78 is 0. The molecule has 2 atom stereocenters. The predicted octanol–water partition coefficient (Wildman–Crippen LogP) is 1.68. The first kappa shape index (κ1) is 17.9. The van der Waals surface area contributed by atoms with Crippen LogP contribution in [0.25, 0.3) is 10.8 Å². The molecule has 6 nitrogen and oxygen atoms in total. The van der Waals surface area contributed by atoms with Crippen LogP contribution in [0.4, 0.5) is 0 Å². The topological polar surface area (TPSA) is 86.7 Å². The number of carboxylic acids is 1. The van der Waals surface area contributed by atoms with Gasteiger partial charge in [0, 0.05) is 13.1 Å². The molecule has 2 aromatic carbocycles. The zero-order valence-electron chi connectivity index (χ0n) is 14.6. The molecular weight excluding hydrogens is 332 g/mol. The Hall–Kier alpha value is -2.89. The normalized spacial score (nSPS) is 19.5. The minimum absolute atomic E-state index is 0.0807. The maximum Gasteiger partial charge on any atom is 0.308 e. The van der Waals surface area contributed by atoms with Crippen molar-refractivity contribution in [2.75, 3.05) is 19.6 Å². The summed E-state index contributed by atoms with van der Waals surface area (Å²) >= 11 is 0. The monoisotopic (exact) mass is 354 g/mol. The van der Waals surface area contributed by atoms with E-state index >= 15 is 0 Å². The number of benzene rings is 2. The van der Waals surface area contributed by atoms with Gasteiger partial charge in [0.15, 0.2) is 0 Å². The lowest BCUT2D eigenvalue weighted by atomic mass is 9.99. The van der Waals surface area contributed by atoms with Crippen LogP contribution in [0.3, 0.4) is 0 Å². The number of fused-ring (bicyclic) bond motifs is 1. The van der Waals surface area contributed by atoms with E-state index in [-0.39, 0.29) is 37.2 Å². The summed E-state index contributed by atoms with van der Waals surface area (Å²) in [6.07, 6.45) is 0.197. The maximum absolute atomic E-state index is 12.2. The summed E-state index contributed by atoms with van der Waals surface area (Å²) in [5.41, 5.74) is 0.911. The Kier molecular flexibility index (Phi) is 5.21. The highest BCUT2D eigenvalue weighted by Crippen LogP contribution is 2.23. The van der Waals surface area contributed by atoms with E-state index in [0.717, 1.165) is 16.3 Å². The minimum Gasteiger partial charge on any atom is -0.481 e. The van der Waals surface area contributed by atoms with E-state index in [1.165, 1.54) is 4.90 Å². The molecule has 2 N–H and O–H groups in total. The van der Waals surface area contributed by atoms with Gasteiger partial charge in [-0.3, -0.25) is 14.4 Å². The van der Waals surface area contributed by atoms with Gasteiger partial charge in [0.25, 0.3) is 0 Å². The molecule has 0 unspecified atom stereocenters. The van der Waals surface area contributed by atoms with Crippen molar-refractivity contribution in [2.45, 2.75) is 13.3 Å². The second-order valence-electron chi connectivity index (χ2n) is 6.81. The van der Waals surface area contributed by atoms with E-state index in [1.54, 1.807) is 0 Å². The minimum atomic E-state index is -0.882. The number of aliphatic carboxylic acids is 1. The number of likely N-dealkylation sites (tertiary alicyclic amines) is 1. The van der Waals surface area contributed by atoms with Gasteiger partial charge in [-0.15, -0.1) is 0 Å². The van der Waals surface area contributed by atoms with Crippen LogP contribution in [0, 0.1) is 11.8 Å². The Bertz CT molecular complexity index is 843. The van der Waals surface area contributed by atoms with Crippen LogP contribution in [-0.4, -0.2) is 47.4 Å². The van der Waals surface area contributed by atoms with Gasteiger partial charge in [0.1, 0.15) is 0 Å². The Labute approximate surface area is 151 Å². The van der Waals surface area contributed by atoms with E-state index in [0.29, 0.717) is 6.54 Å². The number of nitrogens with zero attached hydrogens (tertiary/aromatic N) is 1. The van der Waals surface area contributed by atoms with Crippen LogP contribution in [0.15, 0.2) is 42.5 Å². The molecule has 0 saturated carbocycles. The SMILES string of the molecule is C[C@@H]1CN(C(=O)CNC(=O)Cc2cccc3ccccc23)C[C@H]1C(=O)O. The standard InChI is InChI=1S/C20H22N2O4/c1-13-11-22(12-17(13)20(25)26)19(24)10-21-18(23)9-15-7-4-6-14-5-2-3-8-16(14)15/h2-8,13,17H,9-12H2,1H3,(H,21,23)(H,25,26)/t13-,17-/m1/s1. The average Bonchev–Trinajstić information content (AvgIpc) is 3.02. The molecule has 0 radical (unpaired) electrons. The fraction of sp³-hybridized carbons (Fsp3) is 0.350. The molecule has 0 aliphatic carbocycles. The van der Waals surface area contributed by atoms with Crippen molar-refractivity contribution in [3.63, 3.8) is 0 Å². The van der Waals surface area contributed by atoms with E-state index < -0.39 is 11.9 Å². The summed E-state index contributed by atoms with van der Waals surface area (Å²) in [6, 6.07) is 13.7. The fourth-order valence-electron chi connectivity index (χ4n) is 3.46. The van der Waals surface area contributed by atoms with E-state index in [1.807, 2.05) is 49.4 Å². The van der Waals surface area contributed by atoms with Crippen LogP contribution in [0.5, 0.6) is 0 Å². The first-order valence-electron chi connectivity index (χ1n) is 8.69. The van der Waals surface area contributed by atoms with E-state index in [4.69, 9.17) is 5.11 Å². The van der Waals surface area contributed by atoms with Crippen molar-refractivity contribution in [1.29, 1.82) is 0 Å². The van der Waals surface area contributed by atoms with Gasteiger partial charge in [0.05, 0.1) is 18.9 Å². The largest absolute Gasteiger partial charge is 0.481 e. The molecule has 1 saturated heterocycles. The molecule has 1 heterocycles. The number of hydrogen-bond acceptors (Lipinski definition) is 3. The van der Waals surface area contributed by atoms with E-state index in [9.17, 15) is 14.4 Å². The number of nitrogens with one attached hydrogen (secondary N) is 1. The van der Waals surface area contributed by atoms with Crippen molar-refractivity contribution >= 4 is 28.6 Å². The molecule has 1 fully saturated rings. The average molecular weight is 354 g/mol. The number of amides is 2. The number of rotatable bonds is 5. The molecule has 1 aliphatic heterocycles. The number of hydrogen-bond donors (Lipinski definition) is 2. The van der Waals surface area contributed by atoms with Gasteiger partial charge in [-0.05, 0) is 22.3 Å². The third-order valence-electron chi connectivity index (χ3n) is 4.95. The second-order valence-corrected chi connectivity index (χ2v) is 6.81. The smallest absolute Gasteiger partial charge is 0.308 e. The molecular formula is C20H22N2O4. The molecule has 136 valence electrons. The third-order valence-corrected chi connectivity index (χ3v) is 4.95. The van der Waals surface area contributed by atoms with Crippen molar-refractivity contribution in [3.8, 4) is 0 Å². The van der Waals surface area contributed by atoms with Gasteiger partial charge in [0.2, 0.25) is 11.8 Å². The molecule has 26 heavy (non-hydrogen) atoms. The predicted molar refractivity (Wildman–Crippen MR) is 97.5 cm³/mol. The highest BCUT2D eigenvalue weighted by Gasteiger charge is 2.36. The molecule has 2 aromatic rings. The van der Waals surface area contributed by atoms with Gasteiger partial charge in [-0.2, -0.15) is 0 Å². The van der Waals surface area contributed by atoms with E-state index in [2.05, 4.69) is 5.32 Å².